The van der Waals surface area contributed by atoms with Gasteiger partial charge in [-0.1, -0.05) is 41.3 Å². The third kappa shape index (κ3) is 5.94. The molecule has 0 bridgehead atoms. The van der Waals surface area contributed by atoms with Crippen molar-refractivity contribution in [2.24, 2.45) is 0 Å². The minimum atomic E-state index is -4.53. The molecule has 0 radical (unpaired) electrons. The Balaban J connectivity index is 1.47. The Hall–Kier alpha value is -2.11. The molecular weight excluding hydrogens is 429 g/mol. The highest BCUT2D eigenvalue weighted by Crippen LogP contribution is 2.34. The standard InChI is InChI=1S/C17H15F3N4OS3/c18-17(19,20)12-5-1-2-6-13(12)22-14(25)10-27-16-24-23-15(28-16)21-8-7-11-4-3-9-26-11/h1-6,9H,7-8,10H2,(H,21,23)(H,22,25). The van der Waals surface area contributed by atoms with E-state index in [1.165, 1.54) is 34.4 Å². The first-order chi connectivity index (χ1) is 13.4. The van der Waals surface area contributed by atoms with Crippen LogP contribution in [0.25, 0.3) is 0 Å². The van der Waals surface area contributed by atoms with E-state index >= 15 is 0 Å². The van der Waals surface area contributed by atoms with E-state index in [1.54, 1.807) is 11.3 Å². The summed E-state index contributed by atoms with van der Waals surface area (Å²) < 4.78 is 39.5. The van der Waals surface area contributed by atoms with Gasteiger partial charge in [0.2, 0.25) is 11.0 Å². The molecule has 28 heavy (non-hydrogen) atoms. The van der Waals surface area contributed by atoms with Gasteiger partial charge < -0.3 is 10.6 Å². The molecule has 0 fully saturated rings. The third-order valence-electron chi connectivity index (χ3n) is 3.47. The molecule has 0 saturated carbocycles. The number of benzene rings is 1. The number of anilines is 2. The van der Waals surface area contributed by atoms with Crippen LogP contribution in [0.4, 0.5) is 24.0 Å². The van der Waals surface area contributed by atoms with E-state index in [0.29, 0.717) is 16.0 Å². The normalized spacial score (nSPS) is 11.4. The van der Waals surface area contributed by atoms with Crippen molar-refractivity contribution < 1.29 is 18.0 Å². The molecule has 2 heterocycles. The third-order valence-corrected chi connectivity index (χ3v) is 6.42. The van der Waals surface area contributed by atoms with Crippen molar-refractivity contribution in [1.82, 2.24) is 10.2 Å². The van der Waals surface area contributed by atoms with Gasteiger partial charge in [-0.15, -0.1) is 21.5 Å². The first-order valence-corrected chi connectivity index (χ1v) is 10.8. The van der Waals surface area contributed by atoms with Crippen LogP contribution in [0.3, 0.4) is 0 Å². The van der Waals surface area contributed by atoms with E-state index in [2.05, 4.69) is 26.9 Å². The molecule has 2 aromatic heterocycles. The van der Waals surface area contributed by atoms with Crippen molar-refractivity contribution in [3.8, 4) is 0 Å². The van der Waals surface area contributed by atoms with Crippen molar-refractivity contribution in [2.45, 2.75) is 16.9 Å². The number of halogens is 3. The molecule has 0 aliphatic carbocycles. The molecule has 3 aromatic rings. The summed E-state index contributed by atoms with van der Waals surface area (Å²) in [6, 6.07) is 8.94. The maximum Gasteiger partial charge on any atom is 0.418 e. The van der Waals surface area contributed by atoms with E-state index in [9.17, 15) is 18.0 Å². The second kappa shape index (κ2) is 9.39. The van der Waals surface area contributed by atoms with E-state index in [0.717, 1.165) is 24.2 Å². The number of carbonyl (C=O) groups is 1. The Morgan fingerprint density at radius 1 is 1.14 bits per heavy atom. The van der Waals surface area contributed by atoms with Crippen molar-refractivity contribution >= 4 is 51.2 Å². The number of hydrogen-bond donors (Lipinski definition) is 2. The summed E-state index contributed by atoms with van der Waals surface area (Å²) in [5, 5.41) is 16.1. The lowest BCUT2D eigenvalue weighted by atomic mass is 10.1. The zero-order valence-corrected chi connectivity index (χ0v) is 16.8. The second-order valence-electron chi connectivity index (χ2n) is 5.51. The Morgan fingerprint density at radius 3 is 2.71 bits per heavy atom. The van der Waals surface area contributed by atoms with Crippen molar-refractivity contribution in [2.75, 3.05) is 22.9 Å². The molecule has 11 heteroatoms. The molecule has 0 atom stereocenters. The number of amides is 1. The minimum Gasteiger partial charge on any atom is -0.360 e. The first kappa shape index (κ1) is 20.6. The van der Waals surface area contributed by atoms with E-state index in [4.69, 9.17) is 0 Å². The van der Waals surface area contributed by atoms with Gasteiger partial charge in [0.05, 0.1) is 17.0 Å². The van der Waals surface area contributed by atoms with Gasteiger partial charge in [-0.05, 0) is 30.0 Å². The fourth-order valence-corrected chi connectivity index (χ4v) is 4.53. The van der Waals surface area contributed by atoms with Crippen molar-refractivity contribution in [3.05, 3.63) is 52.2 Å². The van der Waals surface area contributed by atoms with Crippen LogP contribution in [0.5, 0.6) is 0 Å². The maximum absolute atomic E-state index is 13.0. The fraction of sp³-hybridized carbons (Fsp3) is 0.235. The number of rotatable bonds is 8. The molecule has 0 saturated heterocycles. The molecule has 1 aromatic carbocycles. The van der Waals surface area contributed by atoms with Crippen LogP contribution < -0.4 is 10.6 Å². The Morgan fingerprint density at radius 2 is 1.96 bits per heavy atom. The van der Waals surface area contributed by atoms with Crippen LogP contribution in [0, 0.1) is 0 Å². The van der Waals surface area contributed by atoms with Crippen LogP contribution in [0.2, 0.25) is 0 Å². The Kier molecular flexibility index (Phi) is 6.92. The minimum absolute atomic E-state index is 0.0595. The average molecular weight is 445 g/mol. The number of thiophene rings is 1. The topological polar surface area (TPSA) is 66.9 Å². The van der Waals surface area contributed by atoms with Gasteiger partial charge in [0.25, 0.3) is 0 Å². The lowest BCUT2D eigenvalue weighted by Crippen LogP contribution is -2.18. The monoisotopic (exact) mass is 444 g/mol. The predicted molar refractivity (Wildman–Crippen MR) is 107 cm³/mol. The molecule has 148 valence electrons. The van der Waals surface area contributed by atoms with Crippen LogP contribution in [0.15, 0.2) is 46.1 Å². The number of hydrogen-bond acceptors (Lipinski definition) is 7. The molecule has 3 rings (SSSR count). The van der Waals surface area contributed by atoms with Gasteiger partial charge >= 0.3 is 6.18 Å². The maximum atomic E-state index is 13.0. The number of thioether (sulfide) groups is 1. The largest absolute Gasteiger partial charge is 0.418 e. The number of alkyl halides is 3. The quantitative estimate of drug-likeness (QED) is 0.479. The highest BCUT2D eigenvalue weighted by Gasteiger charge is 2.33. The summed E-state index contributed by atoms with van der Waals surface area (Å²) in [5.41, 5.74) is -1.13. The zero-order valence-electron chi connectivity index (χ0n) is 14.3. The van der Waals surface area contributed by atoms with Gasteiger partial charge in [0, 0.05) is 11.4 Å². The lowest BCUT2D eigenvalue weighted by Gasteiger charge is -2.13. The van der Waals surface area contributed by atoms with Crippen molar-refractivity contribution in [3.63, 3.8) is 0 Å². The second-order valence-corrected chi connectivity index (χ2v) is 8.74. The van der Waals surface area contributed by atoms with Gasteiger partial charge in [-0.2, -0.15) is 13.2 Å². The Bertz CT molecular complexity index is 913. The van der Waals surface area contributed by atoms with E-state index in [1.807, 2.05) is 11.4 Å². The number of para-hydroxylation sites is 1. The van der Waals surface area contributed by atoms with Crippen LogP contribution in [-0.4, -0.2) is 28.4 Å². The number of aromatic nitrogens is 2. The molecule has 2 N–H and O–H groups in total. The van der Waals surface area contributed by atoms with E-state index in [-0.39, 0.29) is 11.4 Å². The van der Waals surface area contributed by atoms with Crippen LogP contribution >= 0.6 is 34.4 Å². The molecule has 0 unspecified atom stereocenters. The summed E-state index contributed by atoms with van der Waals surface area (Å²) in [6.07, 6.45) is -3.65. The SMILES string of the molecule is O=C(CSc1nnc(NCCc2cccs2)s1)Nc1ccccc1C(F)(F)F. The summed E-state index contributed by atoms with van der Waals surface area (Å²) in [6.45, 7) is 0.717. The highest BCUT2D eigenvalue weighted by molar-refractivity contribution is 8.01. The molecule has 5 nitrogen and oxygen atoms in total. The van der Waals surface area contributed by atoms with Gasteiger partial charge in [0.15, 0.2) is 4.34 Å². The highest BCUT2D eigenvalue weighted by atomic mass is 32.2. The number of nitrogens with zero attached hydrogens (tertiary/aromatic N) is 2. The molecule has 1 amide bonds. The van der Waals surface area contributed by atoms with E-state index < -0.39 is 17.6 Å². The van der Waals surface area contributed by atoms with Crippen LogP contribution in [0.1, 0.15) is 10.4 Å². The zero-order chi connectivity index (χ0) is 20.0. The van der Waals surface area contributed by atoms with Gasteiger partial charge in [-0.3, -0.25) is 4.79 Å². The van der Waals surface area contributed by atoms with Crippen LogP contribution in [-0.2, 0) is 17.4 Å². The summed E-state index contributed by atoms with van der Waals surface area (Å²) in [4.78, 5) is 13.3. The van der Waals surface area contributed by atoms with Crippen molar-refractivity contribution in [1.29, 1.82) is 0 Å². The average Bonchev–Trinajstić information content (AvgIpc) is 3.32. The summed E-state index contributed by atoms with van der Waals surface area (Å²) >= 11 is 4.11. The number of nitrogens with one attached hydrogen (secondary N) is 2. The fourth-order valence-electron chi connectivity index (χ4n) is 2.24. The molecule has 0 aliphatic rings. The Labute approximate surface area is 171 Å². The lowest BCUT2D eigenvalue weighted by molar-refractivity contribution is -0.137. The molecule has 0 spiro atoms. The van der Waals surface area contributed by atoms with Gasteiger partial charge in [0.1, 0.15) is 0 Å². The first-order valence-electron chi connectivity index (χ1n) is 8.10. The summed E-state index contributed by atoms with van der Waals surface area (Å²) in [7, 11) is 0. The molecule has 0 aliphatic heterocycles. The number of carbonyl (C=O) groups excluding carboxylic acids is 1. The summed E-state index contributed by atoms with van der Waals surface area (Å²) in [5.74, 6) is -0.597. The van der Waals surface area contributed by atoms with Gasteiger partial charge in [-0.25, -0.2) is 0 Å². The molecular formula is C17H15F3N4OS3. The predicted octanol–water partition coefficient (Wildman–Crippen LogP) is 5.00. The smallest absolute Gasteiger partial charge is 0.360 e.